The van der Waals surface area contributed by atoms with Gasteiger partial charge in [0.05, 0.1) is 6.61 Å². The Morgan fingerprint density at radius 1 is 1.33 bits per heavy atom. The Balaban J connectivity index is 1.82. The van der Waals surface area contributed by atoms with Crippen LogP contribution in [0.2, 0.25) is 0 Å². The van der Waals surface area contributed by atoms with Gasteiger partial charge in [-0.15, -0.1) is 0 Å². The van der Waals surface area contributed by atoms with Crippen LogP contribution >= 0.6 is 0 Å². The molecular formula is C15H24N2O. The summed E-state index contributed by atoms with van der Waals surface area (Å²) in [6.07, 6.45) is 8.65. The van der Waals surface area contributed by atoms with Crippen molar-refractivity contribution >= 4 is 0 Å². The number of pyridine rings is 1. The molecule has 1 aliphatic rings. The van der Waals surface area contributed by atoms with Crippen molar-refractivity contribution in [2.24, 2.45) is 5.92 Å². The molecule has 0 saturated heterocycles. The molecule has 18 heavy (non-hydrogen) atoms. The average molecular weight is 248 g/mol. The second-order valence-corrected chi connectivity index (χ2v) is 5.26. The molecule has 0 bridgehead atoms. The lowest BCUT2D eigenvalue weighted by Crippen LogP contribution is -2.16. The monoisotopic (exact) mass is 248 g/mol. The summed E-state index contributed by atoms with van der Waals surface area (Å²) in [5, 5.41) is 3.20. The maximum Gasteiger partial charge on any atom is 0.213 e. The highest BCUT2D eigenvalue weighted by Gasteiger charge is 2.14. The summed E-state index contributed by atoms with van der Waals surface area (Å²) >= 11 is 0. The van der Waals surface area contributed by atoms with Gasteiger partial charge in [-0.2, -0.15) is 0 Å². The summed E-state index contributed by atoms with van der Waals surface area (Å²) in [6.45, 7) is 2.95. The van der Waals surface area contributed by atoms with Gasteiger partial charge < -0.3 is 10.1 Å². The number of nitrogens with zero attached hydrogens (tertiary/aromatic N) is 1. The predicted molar refractivity (Wildman–Crippen MR) is 73.8 cm³/mol. The van der Waals surface area contributed by atoms with Crippen molar-refractivity contribution in [3.8, 4) is 5.88 Å². The Labute approximate surface area is 110 Å². The SMILES string of the molecule is CNC(C)c1ccc(OCC2CCCCC2)nc1. The highest BCUT2D eigenvalue weighted by molar-refractivity contribution is 5.20. The van der Waals surface area contributed by atoms with Gasteiger partial charge >= 0.3 is 0 Å². The van der Waals surface area contributed by atoms with Crippen LogP contribution in [0, 0.1) is 5.92 Å². The zero-order chi connectivity index (χ0) is 12.8. The Kier molecular flexibility index (Phi) is 5.00. The number of rotatable bonds is 5. The van der Waals surface area contributed by atoms with Crippen LogP contribution < -0.4 is 10.1 Å². The van der Waals surface area contributed by atoms with Crippen molar-refractivity contribution in [1.29, 1.82) is 0 Å². The lowest BCUT2D eigenvalue weighted by molar-refractivity contribution is 0.203. The number of hydrogen-bond acceptors (Lipinski definition) is 3. The highest BCUT2D eigenvalue weighted by atomic mass is 16.5. The van der Waals surface area contributed by atoms with E-state index in [-0.39, 0.29) is 0 Å². The van der Waals surface area contributed by atoms with E-state index in [9.17, 15) is 0 Å². The number of hydrogen-bond donors (Lipinski definition) is 1. The Morgan fingerprint density at radius 3 is 2.72 bits per heavy atom. The minimum Gasteiger partial charge on any atom is -0.477 e. The van der Waals surface area contributed by atoms with E-state index in [1.54, 1.807) is 0 Å². The second kappa shape index (κ2) is 6.74. The molecule has 2 rings (SSSR count). The van der Waals surface area contributed by atoms with Gasteiger partial charge in [-0.05, 0) is 38.3 Å². The fourth-order valence-electron chi connectivity index (χ4n) is 2.46. The molecule has 0 aromatic carbocycles. The van der Waals surface area contributed by atoms with Crippen molar-refractivity contribution in [3.05, 3.63) is 23.9 Å². The lowest BCUT2D eigenvalue weighted by Gasteiger charge is -2.21. The molecule has 1 unspecified atom stereocenters. The van der Waals surface area contributed by atoms with Crippen LogP contribution in [0.5, 0.6) is 5.88 Å². The molecule has 1 N–H and O–H groups in total. The standard InChI is InChI=1S/C15H24N2O/c1-12(16-2)14-8-9-15(17-10-14)18-11-13-6-4-3-5-7-13/h8-10,12-13,16H,3-7,11H2,1-2H3. The van der Waals surface area contributed by atoms with E-state index in [1.165, 1.54) is 37.7 Å². The van der Waals surface area contributed by atoms with Gasteiger partial charge in [-0.3, -0.25) is 0 Å². The first-order valence-corrected chi connectivity index (χ1v) is 7.05. The van der Waals surface area contributed by atoms with Crippen molar-refractivity contribution in [2.75, 3.05) is 13.7 Å². The molecule has 1 atom stereocenters. The first-order valence-electron chi connectivity index (χ1n) is 7.05. The van der Waals surface area contributed by atoms with E-state index in [4.69, 9.17) is 4.74 Å². The van der Waals surface area contributed by atoms with Crippen LogP contribution in [0.1, 0.15) is 50.6 Å². The molecule has 1 aliphatic carbocycles. The molecule has 1 fully saturated rings. The summed E-state index contributed by atoms with van der Waals surface area (Å²) in [6, 6.07) is 4.40. The quantitative estimate of drug-likeness (QED) is 0.868. The number of nitrogens with one attached hydrogen (secondary N) is 1. The largest absolute Gasteiger partial charge is 0.477 e. The van der Waals surface area contributed by atoms with Crippen molar-refractivity contribution < 1.29 is 4.74 Å². The molecule has 1 aromatic rings. The molecule has 0 spiro atoms. The molecular weight excluding hydrogens is 224 g/mol. The maximum atomic E-state index is 5.78. The normalized spacial score (nSPS) is 18.6. The minimum atomic E-state index is 0.338. The molecule has 100 valence electrons. The molecule has 1 heterocycles. The van der Waals surface area contributed by atoms with Crippen LogP contribution in [-0.2, 0) is 0 Å². The van der Waals surface area contributed by atoms with E-state index in [1.807, 2.05) is 19.3 Å². The van der Waals surface area contributed by atoms with Crippen molar-refractivity contribution in [2.45, 2.75) is 45.1 Å². The van der Waals surface area contributed by atoms with Crippen LogP contribution in [0.4, 0.5) is 0 Å². The van der Waals surface area contributed by atoms with Gasteiger partial charge in [0.15, 0.2) is 0 Å². The minimum absolute atomic E-state index is 0.338. The van der Waals surface area contributed by atoms with Crippen LogP contribution in [0.3, 0.4) is 0 Å². The van der Waals surface area contributed by atoms with Crippen molar-refractivity contribution in [3.63, 3.8) is 0 Å². The Hall–Kier alpha value is -1.09. The third-order valence-corrected chi connectivity index (χ3v) is 3.88. The van der Waals surface area contributed by atoms with E-state index in [0.29, 0.717) is 6.04 Å². The summed E-state index contributed by atoms with van der Waals surface area (Å²) in [5.74, 6) is 1.49. The Bertz CT molecular complexity index is 344. The van der Waals surface area contributed by atoms with Gasteiger partial charge in [0.2, 0.25) is 5.88 Å². The van der Waals surface area contributed by atoms with E-state index in [0.717, 1.165) is 18.4 Å². The van der Waals surface area contributed by atoms with Crippen LogP contribution in [-0.4, -0.2) is 18.6 Å². The zero-order valence-electron chi connectivity index (χ0n) is 11.5. The van der Waals surface area contributed by atoms with Crippen LogP contribution in [0.25, 0.3) is 0 Å². The maximum absolute atomic E-state index is 5.78. The predicted octanol–water partition coefficient (Wildman–Crippen LogP) is 3.32. The third kappa shape index (κ3) is 3.70. The van der Waals surface area contributed by atoms with Gasteiger partial charge in [0, 0.05) is 18.3 Å². The molecule has 3 heteroatoms. The van der Waals surface area contributed by atoms with E-state index >= 15 is 0 Å². The van der Waals surface area contributed by atoms with Crippen molar-refractivity contribution in [1.82, 2.24) is 10.3 Å². The van der Waals surface area contributed by atoms with Gasteiger partial charge in [0.25, 0.3) is 0 Å². The van der Waals surface area contributed by atoms with E-state index < -0.39 is 0 Å². The van der Waals surface area contributed by atoms with Crippen LogP contribution in [0.15, 0.2) is 18.3 Å². The average Bonchev–Trinajstić information content (AvgIpc) is 2.46. The lowest BCUT2D eigenvalue weighted by atomic mass is 9.90. The number of ether oxygens (including phenoxy) is 1. The summed E-state index contributed by atoms with van der Waals surface area (Å²) in [4.78, 5) is 4.37. The highest BCUT2D eigenvalue weighted by Crippen LogP contribution is 2.24. The van der Waals surface area contributed by atoms with Gasteiger partial charge in [0.1, 0.15) is 0 Å². The molecule has 0 aliphatic heterocycles. The smallest absolute Gasteiger partial charge is 0.213 e. The van der Waals surface area contributed by atoms with Gasteiger partial charge in [-0.1, -0.05) is 25.3 Å². The fourth-order valence-corrected chi connectivity index (χ4v) is 2.46. The Morgan fingerprint density at radius 2 is 2.11 bits per heavy atom. The first-order chi connectivity index (χ1) is 8.79. The molecule has 0 radical (unpaired) electrons. The molecule has 0 amide bonds. The zero-order valence-corrected chi connectivity index (χ0v) is 11.5. The van der Waals surface area contributed by atoms with Gasteiger partial charge in [-0.25, -0.2) is 4.98 Å². The third-order valence-electron chi connectivity index (χ3n) is 3.88. The molecule has 1 saturated carbocycles. The summed E-state index contributed by atoms with van der Waals surface area (Å²) < 4.78 is 5.78. The molecule has 1 aromatic heterocycles. The van der Waals surface area contributed by atoms with E-state index in [2.05, 4.69) is 23.3 Å². The topological polar surface area (TPSA) is 34.1 Å². The second-order valence-electron chi connectivity index (χ2n) is 5.26. The summed E-state index contributed by atoms with van der Waals surface area (Å²) in [5.41, 5.74) is 1.20. The fraction of sp³-hybridized carbons (Fsp3) is 0.667. The summed E-state index contributed by atoms with van der Waals surface area (Å²) in [7, 11) is 1.96. The first kappa shape index (κ1) is 13.3. The molecule has 3 nitrogen and oxygen atoms in total. The number of aromatic nitrogens is 1.